The van der Waals surface area contributed by atoms with Crippen LogP contribution >= 0.6 is 0 Å². The summed E-state index contributed by atoms with van der Waals surface area (Å²) in [5.74, 6) is 0.0273. The number of hydrogen-bond acceptors (Lipinski definition) is 4. The number of amides is 2. The summed E-state index contributed by atoms with van der Waals surface area (Å²) >= 11 is 0. The molecule has 2 amide bonds. The summed E-state index contributed by atoms with van der Waals surface area (Å²) in [7, 11) is 1.82. The average Bonchev–Trinajstić information content (AvgIpc) is 2.88. The van der Waals surface area contributed by atoms with Crippen molar-refractivity contribution in [1.82, 2.24) is 19.6 Å². The average molecular weight is 362 g/mol. The highest BCUT2D eigenvalue weighted by molar-refractivity contribution is 5.94. The van der Waals surface area contributed by atoms with Gasteiger partial charge in [0.05, 0.1) is 12.2 Å². The van der Waals surface area contributed by atoms with Crippen LogP contribution in [0.3, 0.4) is 0 Å². The molecule has 7 nitrogen and oxygen atoms in total. The summed E-state index contributed by atoms with van der Waals surface area (Å²) in [5, 5.41) is 4.55. The van der Waals surface area contributed by atoms with Gasteiger partial charge in [-0.3, -0.25) is 9.48 Å². The number of hydrogen-bond donors (Lipinski definition) is 0. The van der Waals surface area contributed by atoms with Crippen molar-refractivity contribution in [2.45, 2.75) is 71.6 Å². The lowest BCUT2D eigenvalue weighted by Crippen LogP contribution is -2.44. The van der Waals surface area contributed by atoms with Gasteiger partial charge in [0.15, 0.2) is 0 Å². The zero-order valence-corrected chi connectivity index (χ0v) is 16.5. The fourth-order valence-electron chi connectivity index (χ4n) is 3.79. The van der Waals surface area contributed by atoms with Crippen molar-refractivity contribution in [3.63, 3.8) is 0 Å². The number of rotatable bonds is 1. The van der Waals surface area contributed by atoms with Gasteiger partial charge in [0.2, 0.25) is 0 Å². The molecule has 0 radical (unpaired) electrons. The number of fused-ring (bicyclic) bond motifs is 1. The number of aryl methyl sites for hydroxylation is 1. The third kappa shape index (κ3) is 3.71. The molecule has 26 heavy (non-hydrogen) atoms. The standard InChI is InChI=1S/C19H30N4O3/c1-13-8-6-7-10-23(13)17(24)16-14-12-22(18(25)26-19(2,3)4)11-9-15(14)20-21(16)5/h13H,6-12H2,1-5H3. The van der Waals surface area contributed by atoms with Gasteiger partial charge in [-0.05, 0) is 47.0 Å². The van der Waals surface area contributed by atoms with Crippen LogP contribution in [-0.4, -0.2) is 56.3 Å². The van der Waals surface area contributed by atoms with Crippen molar-refractivity contribution in [3.8, 4) is 0 Å². The molecule has 1 aromatic heterocycles. The molecular formula is C19H30N4O3. The summed E-state index contributed by atoms with van der Waals surface area (Å²) in [6.45, 7) is 9.40. The fraction of sp³-hybridized carbons (Fsp3) is 0.737. The molecule has 0 spiro atoms. The Morgan fingerprint density at radius 3 is 2.58 bits per heavy atom. The summed E-state index contributed by atoms with van der Waals surface area (Å²) < 4.78 is 7.18. The van der Waals surface area contributed by atoms with Gasteiger partial charge in [0.25, 0.3) is 5.91 Å². The van der Waals surface area contributed by atoms with E-state index in [-0.39, 0.29) is 18.0 Å². The van der Waals surface area contributed by atoms with E-state index >= 15 is 0 Å². The van der Waals surface area contributed by atoms with Crippen LogP contribution in [0, 0.1) is 0 Å². The van der Waals surface area contributed by atoms with Crippen LogP contribution in [0.25, 0.3) is 0 Å². The lowest BCUT2D eigenvalue weighted by atomic mass is 10.0. The number of likely N-dealkylation sites (tertiary alicyclic amines) is 1. The Bertz CT molecular complexity index is 704. The fourth-order valence-corrected chi connectivity index (χ4v) is 3.79. The van der Waals surface area contributed by atoms with Crippen molar-refractivity contribution in [3.05, 3.63) is 17.0 Å². The quantitative estimate of drug-likeness (QED) is 0.770. The molecule has 1 aromatic rings. The normalized spacial score (nSPS) is 20.7. The number of aromatic nitrogens is 2. The predicted octanol–water partition coefficient (Wildman–Crippen LogP) is 2.73. The molecule has 7 heteroatoms. The summed E-state index contributed by atoms with van der Waals surface area (Å²) in [6, 6.07) is 0.243. The molecule has 0 saturated carbocycles. The molecular weight excluding hydrogens is 332 g/mol. The maximum absolute atomic E-state index is 13.2. The lowest BCUT2D eigenvalue weighted by Gasteiger charge is -2.34. The van der Waals surface area contributed by atoms with Gasteiger partial charge in [-0.2, -0.15) is 5.10 Å². The van der Waals surface area contributed by atoms with Gasteiger partial charge in [-0.1, -0.05) is 0 Å². The zero-order chi connectivity index (χ0) is 19.1. The maximum Gasteiger partial charge on any atom is 0.410 e. The number of nitrogens with zero attached hydrogens (tertiary/aromatic N) is 4. The Kier molecular flexibility index (Phi) is 4.99. The molecule has 3 heterocycles. The van der Waals surface area contributed by atoms with Crippen LogP contribution in [-0.2, 0) is 24.8 Å². The van der Waals surface area contributed by atoms with E-state index in [9.17, 15) is 9.59 Å². The molecule has 0 aromatic carbocycles. The Balaban J connectivity index is 1.84. The van der Waals surface area contributed by atoms with Gasteiger partial charge < -0.3 is 14.5 Å². The molecule has 2 aliphatic heterocycles. The number of carbonyl (C=O) groups excluding carboxylic acids is 2. The minimum Gasteiger partial charge on any atom is -0.444 e. The molecule has 144 valence electrons. The van der Waals surface area contributed by atoms with E-state index in [2.05, 4.69) is 12.0 Å². The maximum atomic E-state index is 13.2. The van der Waals surface area contributed by atoms with Crippen molar-refractivity contribution >= 4 is 12.0 Å². The van der Waals surface area contributed by atoms with Gasteiger partial charge in [0, 0.05) is 38.2 Å². The van der Waals surface area contributed by atoms with E-state index in [0.717, 1.165) is 30.6 Å². The van der Waals surface area contributed by atoms with Gasteiger partial charge in [-0.25, -0.2) is 4.79 Å². The molecule has 3 rings (SSSR count). The van der Waals surface area contributed by atoms with Gasteiger partial charge in [0.1, 0.15) is 11.3 Å². The Hall–Kier alpha value is -2.05. The van der Waals surface area contributed by atoms with Crippen LogP contribution in [0.1, 0.15) is 68.7 Å². The number of ether oxygens (including phenoxy) is 1. The van der Waals surface area contributed by atoms with Crippen molar-refractivity contribution in [2.75, 3.05) is 13.1 Å². The Labute approximate surface area is 155 Å². The predicted molar refractivity (Wildman–Crippen MR) is 97.9 cm³/mol. The van der Waals surface area contributed by atoms with Crippen LogP contribution in [0.15, 0.2) is 0 Å². The molecule has 1 fully saturated rings. The lowest BCUT2D eigenvalue weighted by molar-refractivity contribution is 0.0221. The first-order chi connectivity index (χ1) is 12.2. The van der Waals surface area contributed by atoms with Crippen LogP contribution in [0.4, 0.5) is 4.79 Å². The second-order valence-electron chi connectivity index (χ2n) is 8.39. The molecule has 1 unspecified atom stereocenters. The summed E-state index contributed by atoms with van der Waals surface area (Å²) in [6.07, 6.45) is 3.55. The zero-order valence-electron chi connectivity index (χ0n) is 16.5. The molecule has 2 aliphatic rings. The minimum absolute atomic E-state index is 0.0273. The first-order valence-electron chi connectivity index (χ1n) is 9.51. The number of carbonyl (C=O) groups is 2. The van der Waals surface area contributed by atoms with Gasteiger partial charge in [-0.15, -0.1) is 0 Å². The Morgan fingerprint density at radius 2 is 1.92 bits per heavy atom. The molecule has 1 saturated heterocycles. The van der Waals surface area contributed by atoms with E-state index in [1.54, 1.807) is 9.58 Å². The molecule has 0 N–H and O–H groups in total. The van der Waals surface area contributed by atoms with Gasteiger partial charge >= 0.3 is 6.09 Å². The highest BCUT2D eigenvalue weighted by Gasteiger charge is 2.34. The van der Waals surface area contributed by atoms with Crippen LogP contribution in [0.2, 0.25) is 0 Å². The van der Waals surface area contributed by atoms with Crippen molar-refractivity contribution < 1.29 is 14.3 Å². The number of piperidine rings is 1. The van der Waals surface area contributed by atoms with Crippen molar-refractivity contribution in [2.24, 2.45) is 7.05 Å². The van der Waals surface area contributed by atoms with Crippen LogP contribution in [0.5, 0.6) is 0 Å². The third-order valence-corrected chi connectivity index (χ3v) is 5.11. The summed E-state index contributed by atoms with van der Waals surface area (Å²) in [5.41, 5.74) is 1.86. The van der Waals surface area contributed by atoms with E-state index in [1.807, 2.05) is 32.7 Å². The Morgan fingerprint density at radius 1 is 1.19 bits per heavy atom. The van der Waals surface area contributed by atoms with Crippen LogP contribution < -0.4 is 0 Å². The van der Waals surface area contributed by atoms with E-state index in [0.29, 0.717) is 25.2 Å². The second-order valence-corrected chi connectivity index (χ2v) is 8.39. The smallest absolute Gasteiger partial charge is 0.410 e. The molecule has 0 bridgehead atoms. The SMILES string of the molecule is CC1CCCCN1C(=O)c1c2c(nn1C)CCN(C(=O)OC(C)(C)C)C2. The first kappa shape index (κ1) is 18.7. The van der Waals surface area contributed by atoms with E-state index in [1.165, 1.54) is 6.42 Å². The topological polar surface area (TPSA) is 67.7 Å². The second kappa shape index (κ2) is 6.93. The highest BCUT2D eigenvalue weighted by atomic mass is 16.6. The largest absolute Gasteiger partial charge is 0.444 e. The monoisotopic (exact) mass is 362 g/mol. The van der Waals surface area contributed by atoms with E-state index in [4.69, 9.17) is 4.74 Å². The van der Waals surface area contributed by atoms with Crippen molar-refractivity contribution in [1.29, 1.82) is 0 Å². The molecule has 1 atom stereocenters. The minimum atomic E-state index is -0.534. The first-order valence-corrected chi connectivity index (χ1v) is 9.51. The highest BCUT2D eigenvalue weighted by Crippen LogP contribution is 2.27. The van der Waals surface area contributed by atoms with E-state index < -0.39 is 5.60 Å². The molecule has 0 aliphatic carbocycles. The summed E-state index contributed by atoms with van der Waals surface area (Å²) in [4.78, 5) is 29.3. The third-order valence-electron chi connectivity index (χ3n) is 5.11.